The van der Waals surface area contributed by atoms with Crippen LogP contribution in [0.25, 0.3) is 0 Å². The zero-order valence-corrected chi connectivity index (χ0v) is 21.3. The molecule has 1 rings (SSSR count). The molecule has 1 unspecified atom stereocenters. The second kappa shape index (κ2) is 14.3. The van der Waals surface area contributed by atoms with Crippen molar-refractivity contribution < 1.29 is 33.8 Å². The zero-order chi connectivity index (χ0) is 25.8. The molecule has 188 valence electrons. The largest absolute Gasteiger partial charge is 0.497 e. The number of nitrogens with one attached hydrogen (secondary N) is 2. The van der Waals surface area contributed by atoms with Gasteiger partial charge in [0.05, 0.1) is 38.2 Å². The molecular formula is C24H34N2O7S. The van der Waals surface area contributed by atoms with Crippen molar-refractivity contribution in [2.24, 2.45) is 11.8 Å². The van der Waals surface area contributed by atoms with Gasteiger partial charge in [0.2, 0.25) is 11.8 Å². The minimum atomic E-state index is -1.35. The van der Waals surface area contributed by atoms with Gasteiger partial charge in [-0.25, -0.2) is 4.79 Å². The highest BCUT2D eigenvalue weighted by Crippen LogP contribution is 2.24. The Labute approximate surface area is 204 Å². The molecule has 34 heavy (non-hydrogen) atoms. The van der Waals surface area contributed by atoms with E-state index in [0.717, 1.165) is 5.75 Å². The van der Waals surface area contributed by atoms with Gasteiger partial charge in [0.1, 0.15) is 17.5 Å². The van der Waals surface area contributed by atoms with Gasteiger partial charge in [-0.2, -0.15) is 11.8 Å². The fourth-order valence-corrected chi connectivity index (χ4v) is 3.87. The van der Waals surface area contributed by atoms with Crippen LogP contribution >= 0.6 is 11.8 Å². The Morgan fingerprint density at radius 1 is 1.09 bits per heavy atom. The molecule has 0 fully saturated rings. The summed E-state index contributed by atoms with van der Waals surface area (Å²) in [5, 5.41) is 14.2. The predicted molar refractivity (Wildman–Crippen MR) is 131 cm³/mol. The van der Waals surface area contributed by atoms with E-state index in [-0.39, 0.29) is 23.8 Å². The number of amides is 2. The minimum absolute atomic E-state index is 0.0336. The second-order valence-electron chi connectivity index (χ2n) is 8.36. The topological polar surface area (TPSA) is 131 Å². The maximum Gasteiger partial charge on any atom is 0.330 e. The monoisotopic (exact) mass is 494 g/mol. The molecule has 2 amide bonds. The van der Waals surface area contributed by atoms with E-state index in [9.17, 15) is 19.2 Å². The summed E-state index contributed by atoms with van der Waals surface area (Å²) in [5.41, 5.74) is 0.259. The van der Waals surface area contributed by atoms with Gasteiger partial charge in [0, 0.05) is 5.56 Å². The number of rotatable bonds is 14. The normalized spacial score (nSPS) is 12.3. The van der Waals surface area contributed by atoms with Crippen LogP contribution in [-0.4, -0.2) is 60.4 Å². The fourth-order valence-electron chi connectivity index (χ4n) is 2.94. The highest BCUT2D eigenvalue weighted by Gasteiger charge is 2.27. The molecule has 3 N–H and O–H groups in total. The Balaban J connectivity index is 2.95. The van der Waals surface area contributed by atoms with Crippen LogP contribution in [-0.2, 0) is 25.6 Å². The first-order chi connectivity index (χ1) is 16.0. The molecule has 1 aromatic carbocycles. The molecule has 9 nitrogen and oxygen atoms in total. The van der Waals surface area contributed by atoms with Gasteiger partial charge in [0.25, 0.3) is 0 Å². The molecule has 0 spiro atoms. The molecule has 0 aromatic heterocycles. The van der Waals surface area contributed by atoms with Crippen LogP contribution in [0.2, 0.25) is 0 Å². The Morgan fingerprint density at radius 2 is 1.76 bits per heavy atom. The van der Waals surface area contributed by atoms with E-state index in [1.165, 1.54) is 26.0 Å². The molecule has 0 bridgehead atoms. The number of carbonyl (C=O) groups excluding carboxylic acids is 3. The quantitative estimate of drug-likeness (QED) is 0.336. The molecule has 1 aromatic rings. The van der Waals surface area contributed by atoms with Crippen molar-refractivity contribution in [1.29, 1.82) is 0 Å². The third-order valence-electron chi connectivity index (χ3n) is 4.61. The summed E-state index contributed by atoms with van der Waals surface area (Å²) in [6.45, 7) is 7.48. The average molecular weight is 495 g/mol. The van der Waals surface area contributed by atoms with E-state index >= 15 is 0 Å². The standard InChI is InChI=1S/C24H34N2O7S/c1-14(2)12-34-13-19(27)18(11-22(29)30)25-24(31)23(15(3)4)26-21(28)10-16-9-17(32-5)7-8-20(16)33-6/h7-9,11,14-15,23H,10,12-13H2,1-6H3,(H,25,31)(H,26,28)(H,29,30)/b18-11-. The summed E-state index contributed by atoms with van der Waals surface area (Å²) in [6.07, 6.45) is 0.607. The number of carbonyl (C=O) groups is 4. The van der Waals surface area contributed by atoms with Crippen molar-refractivity contribution in [3.05, 3.63) is 35.5 Å². The van der Waals surface area contributed by atoms with E-state index in [2.05, 4.69) is 10.6 Å². The van der Waals surface area contributed by atoms with Gasteiger partial charge in [-0.05, 0) is 35.8 Å². The van der Waals surface area contributed by atoms with Crippen molar-refractivity contribution in [3.63, 3.8) is 0 Å². The molecule has 0 saturated heterocycles. The molecule has 0 aliphatic rings. The Morgan fingerprint density at radius 3 is 2.29 bits per heavy atom. The summed E-state index contributed by atoms with van der Waals surface area (Å²) in [4.78, 5) is 49.3. The number of methoxy groups -OCH3 is 2. The van der Waals surface area contributed by atoms with Crippen LogP contribution in [0.15, 0.2) is 30.0 Å². The van der Waals surface area contributed by atoms with Crippen molar-refractivity contribution in [3.8, 4) is 11.5 Å². The van der Waals surface area contributed by atoms with Gasteiger partial charge in [-0.15, -0.1) is 0 Å². The van der Waals surface area contributed by atoms with Crippen molar-refractivity contribution >= 4 is 35.3 Å². The van der Waals surface area contributed by atoms with E-state index in [1.54, 1.807) is 32.0 Å². The zero-order valence-electron chi connectivity index (χ0n) is 20.5. The average Bonchev–Trinajstić information content (AvgIpc) is 2.75. The first-order valence-corrected chi connectivity index (χ1v) is 12.0. The van der Waals surface area contributed by atoms with Crippen LogP contribution in [0.1, 0.15) is 33.3 Å². The van der Waals surface area contributed by atoms with Crippen molar-refractivity contribution in [1.82, 2.24) is 10.6 Å². The number of ketones is 1. The van der Waals surface area contributed by atoms with E-state index < -0.39 is 29.6 Å². The number of carboxylic acids is 1. The lowest BCUT2D eigenvalue weighted by atomic mass is 10.0. The van der Waals surface area contributed by atoms with Crippen LogP contribution in [0.3, 0.4) is 0 Å². The first kappa shape index (κ1) is 29.0. The van der Waals surface area contributed by atoms with Crippen molar-refractivity contribution in [2.45, 2.75) is 40.2 Å². The molecule has 0 heterocycles. The first-order valence-electron chi connectivity index (χ1n) is 10.8. The minimum Gasteiger partial charge on any atom is -0.497 e. The molecule has 0 aliphatic heterocycles. The lowest BCUT2D eigenvalue weighted by Crippen LogP contribution is -2.50. The molecule has 10 heteroatoms. The molecule has 0 radical (unpaired) electrons. The number of thioether (sulfide) groups is 1. The van der Waals surface area contributed by atoms with Crippen LogP contribution in [0.5, 0.6) is 11.5 Å². The van der Waals surface area contributed by atoms with Gasteiger partial charge in [0.15, 0.2) is 5.78 Å². The number of allylic oxidation sites excluding steroid dienone is 1. The number of aliphatic carboxylic acids is 1. The highest BCUT2D eigenvalue weighted by molar-refractivity contribution is 7.99. The maximum atomic E-state index is 12.9. The van der Waals surface area contributed by atoms with Crippen LogP contribution in [0, 0.1) is 11.8 Å². The summed E-state index contributed by atoms with van der Waals surface area (Å²) in [7, 11) is 3.00. The number of ether oxygens (including phenoxy) is 2. The van der Waals surface area contributed by atoms with Gasteiger partial charge in [-0.1, -0.05) is 27.7 Å². The summed E-state index contributed by atoms with van der Waals surface area (Å²) in [6, 6.07) is 4.07. The number of Topliss-reactive ketones (excluding diaryl/α,β-unsaturated/α-hetero) is 1. The molecule has 0 saturated carbocycles. The SMILES string of the molecule is COc1ccc(OC)c(CC(=O)NC(C(=O)N/C(=C\C(=O)O)C(=O)CSCC(C)C)C(C)C)c1. The predicted octanol–water partition coefficient (Wildman–Crippen LogP) is 2.43. The molecular weight excluding hydrogens is 460 g/mol. The third-order valence-corrected chi connectivity index (χ3v) is 5.98. The van der Waals surface area contributed by atoms with E-state index in [4.69, 9.17) is 14.6 Å². The highest BCUT2D eigenvalue weighted by atomic mass is 32.2. The van der Waals surface area contributed by atoms with Crippen LogP contribution in [0.4, 0.5) is 0 Å². The number of carboxylic acid groups (broad SMARTS) is 1. The van der Waals surface area contributed by atoms with Gasteiger partial charge < -0.3 is 25.2 Å². The van der Waals surface area contributed by atoms with E-state index in [0.29, 0.717) is 29.1 Å². The fraction of sp³-hybridized carbons (Fsp3) is 0.500. The summed E-state index contributed by atoms with van der Waals surface area (Å²) < 4.78 is 10.5. The van der Waals surface area contributed by atoms with Crippen molar-refractivity contribution in [2.75, 3.05) is 25.7 Å². The maximum absolute atomic E-state index is 12.9. The van der Waals surface area contributed by atoms with Gasteiger partial charge in [-0.3, -0.25) is 14.4 Å². The Kier molecular flexibility index (Phi) is 12.2. The number of benzene rings is 1. The van der Waals surface area contributed by atoms with Gasteiger partial charge >= 0.3 is 5.97 Å². The number of hydrogen-bond acceptors (Lipinski definition) is 7. The van der Waals surface area contributed by atoms with E-state index in [1.807, 2.05) is 13.8 Å². The van der Waals surface area contributed by atoms with Crippen LogP contribution < -0.4 is 20.1 Å². The lowest BCUT2D eigenvalue weighted by Gasteiger charge is -2.22. The summed E-state index contributed by atoms with van der Waals surface area (Å²) in [5.74, 6) is -1.13. The third kappa shape index (κ3) is 9.86. The molecule has 1 atom stereocenters. The lowest BCUT2D eigenvalue weighted by molar-refractivity contribution is -0.132. The summed E-state index contributed by atoms with van der Waals surface area (Å²) >= 11 is 1.36. The molecule has 0 aliphatic carbocycles. The second-order valence-corrected chi connectivity index (χ2v) is 9.39. The Bertz CT molecular complexity index is 913. The smallest absolute Gasteiger partial charge is 0.330 e. The Hall–Kier alpha value is -3.01. The number of hydrogen-bond donors (Lipinski definition) is 3.